The van der Waals surface area contributed by atoms with Gasteiger partial charge in [0.05, 0.1) is 0 Å². The third kappa shape index (κ3) is 3.73. The maximum atomic E-state index is 12.3. The second-order valence-electron chi connectivity index (χ2n) is 6.49. The Morgan fingerprint density at radius 3 is 2.65 bits per heavy atom. The molecule has 0 aliphatic carbocycles. The fourth-order valence-electron chi connectivity index (χ4n) is 3.23. The van der Waals surface area contributed by atoms with Crippen LogP contribution in [0, 0.1) is 11.8 Å². The predicted octanol–water partition coefficient (Wildman–Crippen LogP) is 2.68. The molecule has 0 radical (unpaired) electrons. The number of fused-ring (bicyclic) bond motifs is 1. The first-order chi connectivity index (χ1) is 11.0. The highest BCUT2D eigenvalue weighted by Crippen LogP contribution is 2.22. The van der Waals surface area contributed by atoms with Gasteiger partial charge in [0, 0.05) is 30.6 Å². The molecule has 23 heavy (non-hydrogen) atoms. The molecule has 1 aromatic heterocycles. The van der Waals surface area contributed by atoms with Gasteiger partial charge in [-0.15, -0.1) is 0 Å². The van der Waals surface area contributed by atoms with E-state index in [1.807, 2.05) is 11.0 Å². The van der Waals surface area contributed by atoms with Gasteiger partial charge in [-0.2, -0.15) is 0 Å². The quantitative estimate of drug-likeness (QED) is 0.817. The van der Waals surface area contributed by atoms with Crippen molar-refractivity contribution in [3.8, 4) is 5.75 Å². The third-order valence-electron chi connectivity index (χ3n) is 4.18. The van der Waals surface area contributed by atoms with Gasteiger partial charge in [-0.1, -0.05) is 13.8 Å². The molecule has 0 unspecified atom stereocenters. The summed E-state index contributed by atoms with van der Waals surface area (Å²) >= 11 is 0. The lowest BCUT2D eigenvalue weighted by molar-refractivity contribution is -0.136. The summed E-state index contributed by atoms with van der Waals surface area (Å²) in [4.78, 5) is 25.4. The molecule has 1 fully saturated rings. The molecule has 1 aliphatic heterocycles. The van der Waals surface area contributed by atoms with Gasteiger partial charge in [0.2, 0.25) is 0 Å². The summed E-state index contributed by atoms with van der Waals surface area (Å²) in [6.45, 7) is 5.92. The number of nitrogens with zero attached hydrogens (tertiary/aromatic N) is 1. The van der Waals surface area contributed by atoms with E-state index in [1.54, 1.807) is 18.2 Å². The van der Waals surface area contributed by atoms with Crippen LogP contribution in [0.5, 0.6) is 5.75 Å². The van der Waals surface area contributed by atoms with Gasteiger partial charge in [0.15, 0.2) is 6.61 Å². The zero-order valence-electron chi connectivity index (χ0n) is 13.5. The summed E-state index contributed by atoms with van der Waals surface area (Å²) in [7, 11) is 0. The molecule has 0 spiro atoms. The summed E-state index contributed by atoms with van der Waals surface area (Å²) in [5.74, 6) is 1.58. The van der Waals surface area contributed by atoms with E-state index in [4.69, 9.17) is 9.15 Å². The van der Waals surface area contributed by atoms with Crippen LogP contribution in [0.3, 0.4) is 0 Å². The molecule has 0 N–H and O–H groups in total. The van der Waals surface area contributed by atoms with Crippen molar-refractivity contribution in [3.63, 3.8) is 0 Å². The molecule has 1 saturated heterocycles. The second kappa shape index (κ2) is 6.44. The number of ether oxygens (including phenoxy) is 1. The molecule has 0 saturated carbocycles. The van der Waals surface area contributed by atoms with E-state index >= 15 is 0 Å². The summed E-state index contributed by atoms with van der Waals surface area (Å²) < 4.78 is 10.7. The fourth-order valence-corrected chi connectivity index (χ4v) is 3.23. The van der Waals surface area contributed by atoms with Crippen LogP contribution in [0.2, 0.25) is 0 Å². The van der Waals surface area contributed by atoms with Crippen molar-refractivity contribution in [3.05, 3.63) is 40.8 Å². The first-order valence-electron chi connectivity index (χ1n) is 7.96. The molecule has 2 aromatic rings. The number of hydrogen-bond acceptors (Lipinski definition) is 4. The molecule has 1 amide bonds. The smallest absolute Gasteiger partial charge is 0.336 e. The van der Waals surface area contributed by atoms with E-state index < -0.39 is 5.63 Å². The molecule has 122 valence electrons. The Morgan fingerprint density at radius 2 is 1.91 bits per heavy atom. The van der Waals surface area contributed by atoms with Gasteiger partial charge in [-0.25, -0.2) is 4.79 Å². The van der Waals surface area contributed by atoms with Crippen LogP contribution >= 0.6 is 0 Å². The number of carbonyl (C=O) groups excluding carboxylic acids is 1. The Balaban J connectivity index is 1.65. The van der Waals surface area contributed by atoms with Crippen LogP contribution in [0.1, 0.15) is 20.3 Å². The predicted molar refractivity (Wildman–Crippen MR) is 87.5 cm³/mol. The highest BCUT2D eigenvalue weighted by Gasteiger charge is 2.25. The van der Waals surface area contributed by atoms with Gasteiger partial charge in [-0.05, 0) is 36.5 Å². The van der Waals surface area contributed by atoms with Crippen molar-refractivity contribution >= 4 is 16.9 Å². The molecule has 5 heteroatoms. The number of piperidine rings is 1. The minimum absolute atomic E-state index is 0.00184. The molecule has 5 nitrogen and oxygen atoms in total. The van der Waals surface area contributed by atoms with Gasteiger partial charge in [0.25, 0.3) is 5.91 Å². The Morgan fingerprint density at radius 1 is 1.22 bits per heavy atom. The Hall–Kier alpha value is -2.30. The van der Waals surface area contributed by atoms with Gasteiger partial charge in [0.1, 0.15) is 11.3 Å². The van der Waals surface area contributed by atoms with Crippen molar-refractivity contribution in [1.29, 1.82) is 0 Å². The monoisotopic (exact) mass is 315 g/mol. The number of amides is 1. The molecule has 2 heterocycles. The average Bonchev–Trinajstić information content (AvgIpc) is 2.51. The van der Waals surface area contributed by atoms with E-state index in [2.05, 4.69) is 13.8 Å². The standard InChI is InChI=1S/C18H21NO4/c1-12-7-13(2)10-19(9-12)17(20)11-22-15-5-3-14-4-6-18(21)23-16(14)8-15/h3-6,8,12-13H,7,9-11H2,1-2H3/t12-,13-/m0/s1. The SMILES string of the molecule is C[C@H]1C[C@H](C)CN(C(=O)COc2ccc3ccc(=O)oc3c2)C1. The number of likely N-dealkylation sites (tertiary alicyclic amines) is 1. The molecule has 1 aliphatic rings. The van der Waals surface area contributed by atoms with Crippen LogP contribution in [0.4, 0.5) is 0 Å². The van der Waals surface area contributed by atoms with Crippen LogP contribution < -0.4 is 10.4 Å². The molecular weight excluding hydrogens is 294 g/mol. The van der Waals surface area contributed by atoms with Crippen molar-refractivity contribution in [2.75, 3.05) is 19.7 Å². The minimum Gasteiger partial charge on any atom is -0.484 e. The zero-order valence-corrected chi connectivity index (χ0v) is 13.5. The maximum Gasteiger partial charge on any atom is 0.336 e. The first kappa shape index (κ1) is 15.6. The van der Waals surface area contributed by atoms with E-state index in [0.29, 0.717) is 23.2 Å². The van der Waals surface area contributed by atoms with Crippen LogP contribution in [0.15, 0.2) is 39.5 Å². The molecule has 1 aromatic carbocycles. The van der Waals surface area contributed by atoms with Crippen molar-refractivity contribution in [2.45, 2.75) is 20.3 Å². The highest BCUT2D eigenvalue weighted by molar-refractivity contribution is 5.79. The molecule has 3 rings (SSSR count). The highest BCUT2D eigenvalue weighted by atomic mass is 16.5. The number of carbonyl (C=O) groups is 1. The first-order valence-corrected chi connectivity index (χ1v) is 7.96. The van der Waals surface area contributed by atoms with Crippen molar-refractivity contribution < 1.29 is 13.9 Å². The summed E-state index contributed by atoms with van der Waals surface area (Å²) in [5.41, 5.74) is 0.0599. The largest absolute Gasteiger partial charge is 0.484 e. The van der Waals surface area contributed by atoms with E-state index in [-0.39, 0.29) is 12.5 Å². The van der Waals surface area contributed by atoms with E-state index in [0.717, 1.165) is 24.9 Å². The van der Waals surface area contributed by atoms with Crippen molar-refractivity contribution in [2.24, 2.45) is 11.8 Å². The lowest BCUT2D eigenvalue weighted by atomic mass is 9.92. The van der Waals surface area contributed by atoms with Crippen LogP contribution in [-0.2, 0) is 4.79 Å². The molecule has 0 bridgehead atoms. The van der Waals surface area contributed by atoms with E-state index in [9.17, 15) is 9.59 Å². The van der Waals surface area contributed by atoms with Gasteiger partial charge < -0.3 is 14.1 Å². The summed E-state index contributed by atoms with van der Waals surface area (Å²) in [5, 5.41) is 0.821. The number of hydrogen-bond donors (Lipinski definition) is 0. The minimum atomic E-state index is -0.401. The maximum absolute atomic E-state index is 12.3. The third-order valence-corrected chi connectivity index (χ3v) is 4.18. The lowest BCUT2D eigenvalue weighted by Crippen LogP contribution is -2.44. The second-order valence-corrected chi connectivity index (χ2v) is 6.49. The van der Waals surface area contributed by atoms with Crippen molar-refractivity contribution in [1.82, 2.24) is 4.90 Å². The molecule has 2 atom stereocenters. The van der Waals surface area contributed by atoms with Crippen LogP contribution in [0.25, 0.3) is 11.0 Å². The Bertz CT molecular complexity index is 757. The molecular formula is C18H21NO4. The Kier molecular flexibility index (Phi) is 4.37. The summed E-state index contributed by atoms with van der Waals surface area (Å²) in [6.07, 6.45) is 1.16. The van der Waals surface area contributed by atoms with E-state index in [1.165, 1.54) is 6.07 Å². The van der Waals surface area contributed by atoms with Gasteiger partial charge >= 0.3 is 5.63 Å². The van der Waals surface area contributed by atoms with Crippen LogP contribution in [-0.4, -0.2) is 30.5 Å². The summed E-state index contributed by atoms with van der Waals surface area (Å²) in [6, 6.07) is 8.31. The number of benzene rings is 1. The zero-order chi connectivity index (χ0) is 16.4. The Labute approximate surface area is 134 Å². The number of rotatable bonds is 3. The average molecular weight is 315 g/mol. The van der Waals surface area contributed by atoms with Gasteiger partial charge in [-0.3, -0.25) is 4.79 Å². The normalized spacial score (nSPS) is 21.4. The topological polar surface area (TPSA) is 59.8 Å². The fraction of sp³-hybridized carbons (Fsp3) is 0.444. The lowest BCUT2D eigenvalue weighted by Gasteiger charge is -2.34.